The number of aliphatic hydroxyl groups excluding tert-OH is 1. The molecule has 3 N–H and O–H groups in total. The lowest BCUT2D eigenvalue weighted by Crippen LogP contribution is -2.70. The molecule has 1 heterocycles. The Morgan fingerprint density at radius 2 is 1.31 bits per heavy atom. The molecule has 0 bridgehead atoms. The van der Waals surface area contributed by atoms with Crippen LogP contribution in [-0.2, 0) is 33.3 Å². The van der Waals surface area contributed by atoms with E-state index in [1.165, 1.54) is 24.3 Å². The number of rotatable bonds is 9. The van der Waals surface area contributed by atoms with Crippen LogP contribution in [0.25, 0.3) is 0 Å². The Bertz CT molecular complexity index is 1270. The number of ether oxygens (including phenoxy) is 1. The van der Waals surface area contributed by atoms with Gasteiger partial charge in [0.1, 0.15) is 18.2 Å². The lowest BCUT2D eigenvalue weighted by molar-refractivity contribution is -0.220. The predicted molar refractivity (Wildman–Crippen MR) is 127 cm³/mol. The molecular formula is C22H26N2O10S2. The third-order valence-electron chi connectivity index (χ3n) is 5.13. The Morgan fingerprint density at radius 1 is 0.833 bits per heavy atom. The number of carbonyl (C=O) groups excluding carboxylic acids is 2. The summed E-state index contributed by atoms with van der Waals surface area (Å²) in [7, 11) is -8.18. The normalized spacial score (nSPS) is 24.6. The Morgan fingerprint density at radius 3 is 1.75 bits per heavy atom. The van der Waals surface area contributed by atoms with E-state index in [4.69, 9.17) is 13.1 Å². The zero-order valence-corrected chi connectivity index (χ0v) is 20.9. The summed E-state index contributed by atoms with van der Waals surface area (Å²) in [4.78, 5) is 25.8. The second-order valence-corrected chi connectivity index (χ2v) is 11.3. The van der Waals surface area contributed by atoms with Crippen molar-refractivity contribution in [2.24, 2.45) is 0 Å². The molecule has 1 aliphatic rings. The third-order valence-corrected chi connectivity index (χ3v) is 6.26. The van der Waals surface area contributed by atoms with E-state index in [0.717, 1.165) is 12.5 Å². The maximum Gasteiger partial charge on any atom is 0.264 e. The Kier molecular flexibility index (Phi) is 8.81. The minimum atomic E-state index is -4.20. The fourth-order valence-electron chi connectivity index (χ4n) is 3.58. The summed E-state index contributed by atoms with van der Waals surface area (Å²) >= 11 is 0. The fraction of sp³-hybridized carbons (Fsp3) is 0.364. The zero-order chi connectivity index (χ0) is 26.5. The van der Waals surface area contributed by atoms with Crippen molar-refractivity contribution in [1.29, 1.82) is 0 Å². The quantitative estimate of drug-likeness (QED) is 0.354. The smallest absolute Gasteiger partial charge is 0.264 e. The monoisotopic (exact) mass is 542 g/mol. The largest absolute Gasteiger partial charge is 0.366 e. The van der Waals surface area contributed by atoms with Gasteiger partial charge in [0.2, 0.25) is 0 Å². The van der Waals surface area contributed by atoms with Crippen LogP contribution in [0.2, 0.25) is 0 Å². The van der Waals surface area contributed by atoms with Gasteiger partial charge in [-0.1, -0.05) is 36.4 Å². The molecule has 0 saturated carbocycles. The molecular weight excluding hydrogens is 516 g/mol. The summed E-state index contributed by atoms with van der Waals surface area (Å²) in [6.07, 6.45) is -3.32. The SMILES string of the molecule is CS(=O)(=O)OCC1OC(O)C(NC(=O)c2ccccc2)C(NC(=O)c2ccccc2)C1OS(C)(=O)=O. The van der Waals surface area contributed by atoms with Crippen molar-refractivity contribution in [1.82, 2.24) is 10.6 Å². The highest BCUT2D eigenvalue weighted by Gasteiger charge is 2.49. The lowest BCUT2D eigenvalue weighted by Gasteiger charge is -2.44. The van der Waals surface area contributed by atoms with Crippen molar-refractivity contribution in [2.75, 3.05) is 19.1 Å². The van der Waals surface area contributed by atoms with Crippen LogP contribution < -0.4 is 10.6 Å². The Balaban J connectivity index is 1.99. The van der Waals surface area contributed by atoms with Gasteiger partial charge in [0, 0.05) is 11.1 Å². The summed E-state index contributed by atoms with van der Waals surface area (Å²) in [5, 5.41) is 15.9. The van der Waals surface area contributed by atoms with E-state index in [0.29, 0.717) is 0 Å². The first-order valence-corrected chi connectivity index (χ1v) is 14.3. The van der Waals surface area contributed by atoms with E-state index < -0.39 is 69.2 Å². The molecule has 1 saturated heterocycles. The average Bonchev–Trinajstić information content (AvgIpc) is 2.81. The summed E-state index contributed by atoms with van der Waals surface area (Å²) in [5.74, 6) is -1.32. The molecule has 1 fully saturated rings. The first-order valence-electron chi connectivity index (χ1n) is 10.6. The number of carbonyl (C=O) groups is 2. The van der Waals surface area contributed by atoms with Crippen LogP contribution in [0.4, 0.5) is 0 Å². The molecule has 12 nitrogen and oxygen atoms in total. The second kappa shape index (κ2) is 11.5. The molecule has 36 heavy (non-hydrogen) atoms. The highest BCUT2D eigenvalue weighted by atomic mass is 32.2. The maximum atomic E-state index is 13.0. The molecule has 0 radical (unpaired) electrons. The average molecular weight is 543 g/mol. The van der Waals surface area contributed by atoms with Gasteiger partial charge in [-0.25, -0.2) is 0 Å². The molecule has 0 spiro atoms. The van der Waals surface area contributed by atoms with Gasteiger partial charge in [-0.15, -0.1) is 0 Å². The highest BCUT2D eigenvalue weighted by molar-refractivity contribution is 7.86. The van der Waals surface area contributed by atoms with Crippen molar-refractivity contribution in [3.63, 3.8) is 0 Å². The molecule has 5 unspecified atom stereocenters. The second-order valence-electron chi connectivity index (χ2n) is 8.05. The van der Waals surface area contributed by atoms with Gasteiger partial charge in [0.25, 0.3) is 32.1 Å². The number of hydrogen-bond acceptors (Lipinski definition) is 10. The van der Waals surface area contributed by atoms with Gasteiger partial charge in [0.05, 0.1) is 25.2 Å². The maximum absolute atomic E-state index is 13.0. The Hall–Kier alpha value is -2.88. The summed E-state index contributed by atoms with van der Waals surface area (Å²) in [5.41, 5.74) is 0.426. The number of benzene rings is 2. The number of nitrogens with one attached hydrogen (secondary N) is 2. The van der Waals surface area contributed by atoms with Crippen LogP contribution in [0.1, 0.15) is 20.7 Å². The fourth-order valence-corrected chi connectivity index (χ4v) is 4.61. The zero-order valence-electron chi connectivity index (χ0n) is 19.3. The highest BCUT2D eigenvalue weighted by Crippen LogP contribution is 2.25. The van der Waals surface area contributed by atoms with Gasteiger partial charge >= 0.3 is 0 Å². The van der Waals surface area contributed by atoms with Gasteiger partial charge in [-0.05, 0) is 24.3 Å². The molecule has 1 aliphatic heterocycles. The molecule has 2 amide bonds. The van der Waals surface area contributed by atoms with Crippen LogP contribution in [0.15, 0.2) is 60.7 Å². The van der Waals surface area contributed by atoms with E-state index in [-0.39, 0.29) is 11.1 Å². The minimum Gasteiger partial charge on any atom is -0.366 e. The van der Waals surface area contributed by atoms with Crippen molar-refractivity contribution in [2.45, 2.75) is 30.6 Å². The Labute approximate surface area is 208 Å². The number of aliphatic hydroxyl groups is 1. The van der Waals surface area contributed by atoms with Crippen molar-refractivity contribution < 1.29 is 44.6 Å². The first-order chi connectivity index (χ1) is 16.8. The van der Waals surface area contributed by atoms with E-state index >= 15 is 0 Å². The van der Waals surface area contributed by atoms with Crippen LogP contribution >= 0.6 is 0 Å². The molecule has 196 valence electrons. The first kappa shape index (κ1) is 27.7. The number of amides is 2. The van der Waals surface area contributed by atoms with Gasteiger partial charge in [-0.2, -0.15) is 16.8 Å². The standard InChI is InChI=1S/C22H26N2O10S2/c1-35(28,29)32-13-16-19(34-36(2,30)31)17(23-20(25)14-9-5-3-6-10-14)18(22(27)33-16)24-21(26)15-11-7-4-8-12-15/h3-12,16-19,22,27H,13H2,1-2H3,(H,23,25)(H,24,26). The van der Waals surface area contributed by atoms with Gasteiger partial charge in [0.15, 0.2) is 6.29 Å². The molecule has 2 aromatic rings. The van der Waals surface area contributed by atoms with E-state index in [2.05, 4.69) is 10.6 Å². The van der Waals surface area contributed by atoms with Crippen LogP contribution in [0, 0.1) is 0 Å². The molecule has 2 aromatic carbocycles. The molecule has 3 rings (SSSR count). The van der Waals surface area contributed by atoms with Gasteiger partial charge < -0.3 is 20.5 Å². The van der Waals surface area contributed by atoms with E-state index in [1.54, 1.807) is 36.4 Å². The van der Waals surface area contributed by atoms with Crippen LogP contribution in [-0.4, -0.2) is 83.5 Å². The van der Waals surface area contributed by atoms with Crippen molar-refractivity contribution >= 4 is 32.1 Å². The molecule has 5 atom stereocenters. The molecule has 0 aliphatic carbocycles. The van der Waals surface area contributed by atoms with Crippen LogP contribution in [0.3, 0.4) is 0 Å². The number of hydrogen-bond donors (Lipinski definition) is 3. The molecule has 0 aromatic heterocycles. The van der Waals surface area contributed by atoms with Crippen molar-refractivity contribution in [3.05, 3.63) is 71.8 Å². The van der Waals surface area contributed by atoms with Crippen molar-refractivity contribution in [3.8, 4) is 0 Å². The summed E-state index contributed by atoms with van der Waals surface area (Å²) in [6, 6.07) is 13.1. The minimum absolute atomic E-state index is 0.202. The topological polar surface area (TPSA) is 174 Å². The van der Waals surface area contributed by atoms with E-state index in [1.807, 2.05) is 0 Å². The van der Waals surface area contributed by atoms with Gasteiger partial charge in [-0.3, -0.25) is 18.0 Å². The lowest BCUT2D eigenvalue weighted by atomic mass is 9.93. The summed E-state index contributed by atoms with van der Waals surface area (Å²) < 4.78 is 62.6. The predicted octanol–water partition coefficient (Wildman–Crippen LogP) is -0.378. The third kappa shape index (κ3) is 7.81. The summed E-state index contributed by atoms with van der Waals surface area (Å²) in [6.45, 7) is -0.729. The van der Waals surface area contributed by atoms with Crippen LogP contribution in [0.5, 0.6) is 0 Å². The molecule has 14 heteroatoms. The van der Waals surface area contributed by atoms with E-state index in [9.17, 15) is 31.5 Å².